The summed E-state index contributed by atoms with van der Waals surface area (Å²) in [6, 6.07) is 0.345. The molecule has 16 heavy (non-hydrogen) atoms. The third-order valence-electron chi connectivity index (χ3n) is 2.70. The summed E-state index contributed by atoms with van der Waals surface area (Å²) in [5, 5.41) is 0. The lowest BCUT2D eigenvalue weighted by Gasteiger charge is -2.20. The maximum atomic E-state index is 11.2. The first-order valence-corrected chi connectivity index (χ1v) is 5.80. The van der Waals surface area contributed by atoms with Gasteiger partial charge < -0.3 is 4.74 Å². The Labute approximate surface area is 97.5 Å². The van der Waals surface area contributed by atoms with E-state index in [0.29, 0.717) is 12.6 Å². The van der Waals surface area contributed by atoms with E-state index in [0.717, 1.165) is 25.9 Å². The lowest BCUT2D eigenvalue weighted by atomic mass is 10.2. The molecule has 1 unspecified atom stereocenters. The first-order valence-electron chi connectivity index (χ1n) is 5.80. The Morgan fingerprint density at radius 1 is 1.69 bits per heavy atom. The number of rotatable bonds is 5. The standard InChI is InChI=1S/C13H19NO2/c1-3-5-10-14-11-6-7-12(14)8-9-13(15)16-4-2/h1,8-9,12H,4-7,10-11H2,2H3/b9-8+. The zero-order valence-corrected chi connectivity index (χ0v) is 9.82. The lowest BCUT2D eigenvalue weighted by Crippen LogP contribution is -2.28. The van der Waals surface area contributed by atoms with Gasteiger partial charge in [0.05, 0.1) is 6.61 Å². The van der Waals surface area contributed by atoms with Crippen LogP contribution in [0, 0.1) is 12.3 Å². The van der Waals surface area contributed by atoms with Crippen LogP contribution in [-0.4, -0.2) is 36.6 Å². The van der Waals surface area contributed by atoms with Crippen LogP contribution in [-0.2, 0) is 9.53 Å². The second kappa shape index (κ2) is 7.08. The van der Waals surface area contributed by atoms with Crippen LogP contribution in [0.2, 0.25) is 0 Å². The van der Waals surface area contributed by atoms with Gasteiger partial charge in [-0.3, -0.25) is 4.90 Å². The highest BCUT2D eigenvalue weighted by Crippen LogP contribution is 2.18. The second-order valence-electron chi connectivity index (χ2n) is 3.81. The van der Waals surface area contributed by atoms with Crippen molar-refractivity contribution < 1.29 is 9.53 Å². The number of hydrogen-bond donors (Lipinski definition) is 0. The van der Waals surface area contributed by atoms with Crippen LogP contribution in [0.1, 0.15) is 26.2 Å². The van der Waals surface area contributed by atoms with Crippen molar-refractivity contribution in [3.05, 3.63) is 12.2 Å². The van der Waals surface area contributed by atoms with Crippen LogP contribution in [0.25, 0.3) is 0 Å². The van der Waals surface area contributed by atoms with Crippen LogP contribution in [0.4, 0.5) is 0 Å². The molecular weight excluding hydrogens is 202 g/mol. The predicted octanol–water partition coefficient (Wildman–Crippen LogP) is 1.59. The Hall–Kier alpha value is -1.27. The number of nitrogens with zero attached hydrogens (tertiary/aromatic N) is 1. The van der Waals surface area contributed by atoms with E-state index in [9.17, 15) is 4.79 Å². The topological polar surface area (TPSA) is 29.5 Å². The zero-order chi connectivity index (χ0) is 11.8. The molecule has 1 saturated heterocycles. The van der Waals surface area contributed by atoms with Gasteiger partial charge >= 0.3 is 5.97 Å². The van der Waals surface area contributed by atoms with Gasteiger partial charge in [-0.05, 0) is 26.3 Å². The minimum atomic E-state index is -0.258. The summed E-state index contributed by atoms with van der Waals surface area (Å²) in [5.74, 6) is 2.38. The third-order valence-corrected chi connectivity index (χ3v) is 2.70. The van der Waals surface area contributed by atoms with Crippen molar-refractivity contribution in [3.8, 4) is 12.3 Å². The van der Waals surface area contributed by atoms with Gasteiger partial charge in [-0.15, -0.1) is 12.3 Å². The van der Waals surface area contributed by atoms with Crippen molar-refractivity contribution in [1.82, 2.24) is 4.90 Å². The molecule has 1 heterocycles. The maximum absolute atomic E-state index is 11.2. The van der Waals surface area contributed by atoms with Gasteiger partial charge in [0.25, 0.3) is 0 Å². The summed E-state index contributed by atoms with van der Waals surface area (Å²) in [7, 11) is 0. The molecule has 3 nitrogen and oxygen atoms in total. The maximum Gasteiger partial charge on any atom is 0.330 e. The van der Waals surface area contributed by atoms with Crippen LogP contribution in [0.15, 0.2) is 12.2 Å². The molecule has 3 heteroatoms. The molecule has 0 aromatic heterocycles. The highest BCUT2D eigenvalue weighted by atomic mass is 16.5. The molecule has 0 aromatic rings. The van der Waals surface area contributed by atoms with Gasteiger partial charge in [-0.1, -0.05) is 6.08 Å². The highest BCUT2D eigenvalue weighted by Gasteiger charge is 2.21. The highest BCUT2D eigenvalue weighted by molar-refractivity contribution is 5.81. The normalized spacial score (nSPS) is 21.1. The van der Waals surface area contributed by atoms with E-state index in [2.05, 4.69) is 10.8 Å². The van der Waals surface area contributed by atoms with Gasteiger partial charge in [0.1, 0.15) is 0 Å². The molecule has 1 fully saturated rings. The number of hydrogen-bond acceptors (Lipinski definition) is 3. The fraction of sp³-hybridized carbons (Fsp3) is 0.615. The summed E-state index contributed by atoms with van der Waals surface area (Å²) in [6.45, 7) is 4.21. The van der Waals surface area contributed by atoms with Crippen molar-refractivity contribution >= 4 is 5.97 Å². The number of carbonyl (C=O) groups excluding carboxylic acids is 1. The molecule has 0 spiro atoms. The van der Waals surface area contributed by atoms with Gasteiger partial charge in [0.2, 0.25) is 0 Å². The molecular formula is C13H19NO2. The molecule has 0 amide bonds. The Balaban J connectivity index is 2.40. The predicted molar refractivity (Wildman–Crippen MR) is 63.8 cm³/mol. The molecule has 1 aliphatic rings. The largest absolute Gasteiger partial charge is 0.463 e. The summed E-state index contributed by atoms with van der Waals surface area (Å²) in [4.78, 5) is 13.5. The average Bonchev–Trinajstić information content (AvgIpc) is 2.71. The molecule has 0 N–H and O–H groups in total. The Morgan fingerprint density at radius 2 is 2.50 bits per heavy atom. The fourth-order valence-corrected chi connectivity index (χ4v) is 1.94. The molecule has 1 atom stereocenters. The Bertz CT molecular complexity index is 291. The third kappa shape index (κ3) is 4.08. The van der Waals surface area contributed by atoms with Crippen molar-refractivity contribution in [2.24, 2.45) is 0 Å². The summed E-state index contributed by atoms with van der Waals surface area (Å²) < 4.78 is 4.84. The van der Waals surface area contributed by atoms with Gasteiger partial charge in [0.15, 0.2) is 0 Å². The molecule has 0 saturated carbocycles. The van der Waals surface area contributed by atoms with E-state index >= 15 is 0 Å². The Kier molecular flexibility index (Phi) is 5.66. The van der Waals surface area contributed by atoms with Crippen LogP contribution >= 0.6 is 0 Å². The summed E-state index contributed by atoms with van der Waals surface area (Å²) in [5.41, 5.74) is 0. The van der Waals surface area contributed by atoms with Gasteiger partial charge in [0, 0.05) is 25.1 Å². The van der Waals surface area contributed by atoms with Crippen LogP contribution in [0.5, 0.6) is 0 Å². The quantitative estimate of drug-likeness (QED) is 0.401. The van der Waals surface area contributed by atoms with Crippen LogP contribution in [0.3, 0.4) is 0 Å². The van der Waals surface area contributed by atoms with E-state index < -0.39 is 0 Å². The number of likely N-dealkylation sites (tertiary alicyclic amines) is 1. The molecule has 0 radical (unpaired) electrons. The molecule has 0 aliphatic carbocycles. The van der Waals surface area contributed by atoms with Crippen molar-refractivity contribution in [3.63, 3.8) is 0 Å². The molecule has 0 aromatic carbocycles. The molecule has 1 rings (SSSR count). The monoisotopic (exact) mass is 221 g/mol. The molecule has 0 bridgehead atoms. The van der Waals surface area contributed by atoms with E-state index in [1.807, 2.05) is 6.08 Å². The summed E-state index contributed by atoms with van der Waals surface area (Å²) in [6.07, 6.45) is 11.7. The van der Waals surface area contributed by atoms with Gasteiger partial charge in [-0.25, -0.2) is 4.79 Å². The molecule has 88 valence electrons. The van der Waals surface area contributed by atoms with Crippen molar-refractivity contribution in [1.29, 1.82) is 0 Å². The zero-order valence-electron chi connectivity index (χ0n) is 9.82. The number of esters is 1. The minimum Gasteiger partial charge on any atom is -0.463 e. The number of ether oxygens (including phenoxy) is 1. The smallest absolute Gasteiger partial charge is 0.330 e. The molecule has 1 aliphatic heterocycles. The van der Waals surface area contributed by atoms with Crippen molar-refractivity contribution in [2.45, 2.75) is 32.2 Å². The second-order valence-corrected chi connectivity index (χ2v) is 3.81. The lowest BCUT2D eigenvalue weighted by molar-refractivity contribution is -0.137. The first-order chi connectivity index (χ1) is 7.77. The number of carbonyl (C=O) groups is 1. The summed E-state index contributed by atoms with van der Waals surface area (Å²) >= 11 is 0. The van der Waals surface area contributed by atoms with E-state index in [-0.39, 0.29) is 5.97 Å². The van der Waals surface area contributed by atoms with E-state index in [1.165, 1.54) is 12.5 Å². The van der Waals surface area contributed by atoms with Gasteiger partial charge in [-0.2, -0.15) is 0 Å². The average molecular weight is 221 g/mol. The van der Waals surface area contributed by atoms with E-state index in [1.54, 1.807) is 6.92 Å². The van der Waals surface area contributed by atoms with Crippen molar-refractivity contribution in [2.75, 3.05) is 19.7 Å². The minimum absolute atomic E-state index is 0.258. The fourth-order valence-electron chi connectivity index (χ4n) is 1.94. The Morgan fingerprint density at radius 3 is 3.19 bits per heavy atom. The van der Waals surface area contributed by atoms with E-state index in [4.69, 9.17) is 11.2 Å². The SMILES string of the molecule is C#CCCN1CCCC1/C=C/C(=O)OCC. The van der Waals surface area contributed by atoms with Crippen LogP contribution < -0.4 is 0 Å². The first kappa shape index (κ1) is 12.8. The number of terminal acetylenes is 1.